The van der Waals surface area contributed by atoms with Gasteiger partial charge in [0.25, 0.3) is 5.91 Å². The summed E-state index contributed by atoms with van der Waals surface area (Å²) in [6.45, 7) is 3.27. The highest BCUT2D eigenvalue weighted by molar-refractivity contribution is 7.20. The van der Waals surface area contributed by atoms with Crippen molar-refractivity contribution in [3.05, 3.63) is 64.2 Å². The van der Waals surface area contributed by atoms with Crippen molar-refractivity contribution in [1.82, 2.24) is 20.4 Å². The van der Waals surface area contributed by atoms with E-state index in [0.717, 1.165) is 17.4 Å². The third kappa shape index (κ3) is 4.13. The molecule has 6 nitrogen and oxygen atoms in total. The Labute approximate surface area is 176 Å². The summed E-state index contributed by atoms with van der Waals surface area (Å²) in [6, 6.07) is 7.05. The first kappa shape index (κ1) is 20.9. The summed E-state index contributed by atoms with van der Waals surface area (Å²) in [7, 11) is 0. The number of aromatic nitrogens is 3. The molecule has 0 saturated carbocycles. The van der Waals surface area contributed by atoms with Gasteiger partial charge in [-0.05, 0) is 55.8 Å². The van der Waals surface area contributed by atoms with E-state index in [1.54, 1.807) is 13.8 Å². The van der Waals surface area contributed by atoms with Gasteiger partial charge in [0.05, 0.1) is 4.88 Å². The van der Waals surface area contributed by atoms with Crippen LogP contribution in [0.1, 0.15) is 39.8 Å². The molecule has 0 bridgehead atoms. The smallest absolute Gasteiger partial charge is 0.340 e. The Hall–Kier alpha value is -3.34. The van der Waals surface area contributed by atoms with Gasteiger partial charge in [-0.3, -0.25) is 4.79 Å². The lowest BCUT2D eigenvalue weighted by atomic mass is 10.1. The van der Waals surface area contributed by atoms with Gasteiger partial charge in [-0.25, -0.2) is 9.37 Å². The van der Waals surface area contributed by atoms with E-state index < -0.39 is 29.6 Å². The first-order valence-corrected chi connectivity index (χ1v) is 9.83. The fourth-order valence-corrected chi connectivity index (χ4v) is 4.01. The molecule has 0 aliphatic carbocycles. The van der Waals surface area contributed by atoms with Gasteiger partial charge in [0.2, 0.25) is 11.7 Å². The topological polar surface area (TPSA) is 80.9 Å². The van der Waals surface area contributed by atoms with E-state index in [-0.39, 0.29) is 21.4 Å². The quantitative estimate of drug-likeness (QED) is 0.427. The minimum atomic E-state index is -4.57. The zero-order valence-corrected chi connectivity index (χ0v) is 16.9. The van der Waals surface area contributed by atoms with Gasteiger partial charge in [0.1, 0.15) is 22.4 Å². The molecule has 1 unspecified atom stereocenters. The van der Waals surface area contributed by atoms with Gasteiger partial charge in [-0.15, -0.1) is 11.3 Å². The maximum atomic E-state index is 13.1. The first-order chi connectivity index (χ1) is 14.6. The maximum Gasteiger partial charge on any atom is 0.433 e. The Kier molecular flexibility index (Phi) is 5.21. The van der Waals surface area contributed by atoms with Crippen molar-refractivity contribution >= 4 is 27.5 Å². The molecule has 1 aromatic carbocycles. The lowest BCUT2D eigenvalue weighted by Crippen LogP contribution is -2.26. The molecule has 0 spiro atoms. The third-order valence-corrected chi connectivity index (χ3v) is 5.76. The zero-order valence-electron chi connectivity index (χ0n) is 16.1. The Morgan fingerprint density at radius 1 is 1.13 bits per heavy atom. The monoisotopic (exact) mass is 450 g/mol. The van der Waals surface area contributed by atoms with E-state index in [4.69, 9.17) is 4.52 Å². The number of aryl methyl sites for hydroxylation is 1. The van der Waals surface area contributed by atoms with Gasteiger partial charge in [-0.2, -0.15) is 18.2 Å². The third-order valence-electron chi connectivity index (χ3n) is 4.56. The van der Waals surface area contributed by atoms with Crippen LogP contribution in [0.5, 0.6) is 0 Å². The number of benzene rings is 1. The molecule has 31 heavy (non-hydrogen) atoms. The second-order valence-electron chi connectivity index (χ2n) is 6.76. The van der Waals surface area contributed by atoms with Crippen molar-refractivity contribution in [2.24, 2.45) is 0 Å². The van der Waals surface area contributed by atoms with Gasteiger partial charge in [0, 0.05) is 10.9 Å². The van der Waals surface area contributed by atoms with E-state index in [1.807, 2.05) is 0 Å². The highest BCUT2D eigenvalue weighted by atomic mass is 32.1. The van der Waals surface area contributed by atoms with Crippen LogP contribution in [0.3, 0.4) is 0 Å². The number of hydrogen-bond acceptors (Lipinski definition) is 6. The number of pyridine rings is 1. The predicted octanol–water partition coefficient (Wildman–Crippen LogP) is 5.30. The Morgan fingerprint density at radius 3 is 2.52 bits per heavy atom. The summed E-state index contributed by atoms with van der Waals surface area (Å²) in [6.07, 6.45) is -4.57. The van der Waals surface area contributed by atoms with E-state index >= 15 is 0 Å². The number of nitrogens with one attached hydrogen (secondary N) is 1. The van der Waals surface area contributed by atoms with E-state index in [9.17, 15) is 22.4 Å². The van der Waals surface area contributed by atoms with Crippen LogP contribution < -0.4 is 5.32 Å². The molecule has 0 radical (unpaired) electrons. The van der Waals surface area contributed by atoms with Crippen LogP contribution in [0.15, 0.2) is 40.9 Å². The summed E-state index contributed by atoms with van der Waals surface area (Å²) < 4.78 is 57.0. The zero-order chi connectivity index (χ0) is 22.3. The molecular weight excluding hydrogens is 436 g/mol. The number of halogens is 4. The first-order valence-electron chi connectivity index (χ1n) is 9.01. The second kappa shape index (κ2) is 7.73. The molecule has 0 aliphatic heterocycles. The second-order valence-corrected chi connectivity index (χ2v) is 7.76. The average molecular weight is 450 g/mol. The molecule has 1 atom stereocenters. The van der Waals surface area contributed by atoms with Crippen molar-refractivity contribution < 1.29 is 26.9 Å². The minimum absolute atomic E-state index is 0.126. The number of nitrogens with zero attached hydrogens (tertiary/aromatic N) is 3. The van der Waals surface area contributed by atoms with Gasteiger partial charge < -0.3 is 9.84 Å². The number of carbonyl (C=O) groups excluding carboxylic acids is 1. The highest BCUT2D eigenvalue weighted by Gasteiger charge is 2.33. The SMILES string of the molecule is Cc1c(C(=O)NC(C)c2nc(-c3ccc(F)cc3)no2)sc2nc(C(F)(F)F)ccc12. The van der Waals surface area contributed by atoms with Crippen molar-refractivity contribution in [2.75, 3.05) is 0 Å². The molecular formula is C20H14F4N4O2S. The van der Waals surface area contributed by atoms with Crippen LogP contribution in [0.25, 0.3) is 21.6 Å². The van der Waals surface area contributed by atoms with E-state index in [2.05, 4.69) is 20.4 Å². The van der Waals surface area contributed by atoms with Gasteiger partial charge >= 0.3 is 6.18 Å². The van der Waals surface area contributed by atoms with Crippen LogP contribution in [0, 0.1) is 12.7 Å². The number of rotatable bonds is 4. The molecule has 0 aliphatic rings. The summed E-state index contributed by atoms with van der Waals surface area (Å²) in [5.41, 5.74) is 0.0611. The molecule has 11 heteroatoms. The fraction of sp³-hybridized carbons (Fsp3) is 0.200. The molecule has 4 rings (SSSR count). The van der Waals surface area contributed by atoms with E-state index in [1.165, 1.54) is 30.3 Å². The summed E-state index contributed by atoms with van der Waals surface area (Å²) in [5, 5.41) is 7.01. The number of amides is 1. The van der Waals surface area contributed by atoms with Crippen molar-refractivity contribution in [1.29, 1.82) is 0 Å². The summed E-state index contributed by atoms with van der Waals surface area (Å²) in [4.78, 5) is 21.0. The average Bonchev–Trinajstić information content (AvgIpc) is 3.33. The van der Waals surface area contributed by atoms with Crippen LogP contribution in [0.2, 0.25) is 0 Å². The van der Waals surface area contributed by atoms with Crippen molar-refractivity contribution in [3.63, 3.8) is 0 Å². The lowest BCUT2D eigenvalue weighted by Gasteiger charge is -2.09. The molecule has 0 saturated heterocycles. The lowest BCUT2D eigenvalue weighted by molar-refractivity contribution is -0.140. The largest absolute Gasteiger partial charge is 0.433 e. The van der Waals surface area contributed by atoms with Crippen LogP contribution in [-0.2, 0) is 6.18 Å². The molecule has 4 aromatic rings. The molecule has 1 N–H and O–H groups in total. The summed E-state index contributed by atoms with van der Waals surface area (Å²) >= 11 is 0.878. The molecule has 160 valence electrons. The molecule has 1 amide bonds. The predicted molar refractivity (Wildman–Crippen MR) is 105 cm³/mol. The van der Waals surface area contributed by atoms with Crippen LogP contribution in [0.4, 0.5) is 17.6 Å². The number of carbonyl (C=O) groups is 1. The van der Waals surface area contributed by atoms with Crippen LogP contribution >= 0.6 is 11.3 Å². The number of fused-ring (bicyclic) bond motifs is 1. The van der Waals surface area contributed by atoms with Crippen molar-refractivity contribution in [3.8, 4) is 11.4 Å². The summed E-state index contributed by atoms with van der Waals surface area (Å²) in [5.74, 6) is -0.534. The Balaban J connectivity index is 1.54. The Bertz CT molecular complexity index is 1260. The normalized spacial score (nSPS) is 12.8. The molecule has 0 fully saturated rings. The number of thiophene rings is 1. The molecule has 3 heterocycles. The Morgan fingerprint density at radius 2 is 1.84 bits per heavy atom. The minimum Gasteiger partial charge on any atom is -0.340 e. The maximum absolute atomic E-state index is 13.1. The number of alkyl halides is 3. The van der Waals surface area contributed by atoms with Gasteiger partial charge in [0.15, 0.2) is 0 Å². The number of hydrogen-bond donors (Lipinski definition) is 1. The highest BCUT2D eigenvalue weighted by Crippen LogP contribution is 2.34. The standard InChI is InChI=1S/C20H14F4N4O2S/c1-9-13-7-8-14(20(22,23)24)26-19(13)31-15(9)17(29)25-10(2)18-27-16(28-30-18)11-3-5-12(21)6-4-11/h3-8,10H,1-2H3,(H,25,29). The van der Waals surface area contributed by atoms with Crippen LogP contribution in [-0.4, -0.2) is 21.0 Å². The van der Waals surface area contributed by atoms with Crippen molar-refractivity contribution in [2.45, 2.75) is 26.1 Å². The molecule has 3 aromatic heterocycles. The van der Waals surface area contributed by atoms with E-state index in [0.29, 0.717) is 16.5 Å². The fourth-order valence-electron chi connectivity index (χ4n) is 2.92. The van der Waals surface area contributed by atoms with Gasteiger partial charge in [-0.1, -0.05) is 5.16 Å².